The van der Waals surface area contributed by atoms with Gasteiger partial charge >= 0.3 is 0 Å². The van der Waals surface area contributed by atoms with E-state index in [9.17, 15) is 8.42 Å². The number of nitrogens with two attached hydrogens (primary N) is 1. The molecule has 0 spiro atoms. The number of hydrogen-bond acceptors (Lipinski definition) is 3. The summed E-state index contributed by atoms with van der Waals surface area (Å²) in [6.07, 6.45) is 7.86. The van der Waals surface area contributed by atoms with Gasteiger partial charge in [-0.2, -0.15) is 0 Å². The Bertz CT molecular complexity index is 674. The highest BCUT2D eigenvalue weighted by Gasteiger charge is 2.31. The zero-order valence-corrected chi connectivity index (χ0v) is 12.9. The molecule has 0 saturated heterocycles. The molecule has 2 unspecified atom stereocenters. The molecular weight excluding hydrogens is 282 g/mol. The smallest absolute Gasteiger partial charge is 0.206 e. The molecule has 21 heavy (non-hydrogen) atoms. The summed E-state index contributed by atoms with van der Waals surface area (Å²) in [7, 11) is -3.38. The van der Waals surface area contributed by atoms with Gasteiger partial charge < -0.3 is 5.73 Å². The maximum Gasteiger partial charge on any atom is 0.206 e. The molecule has 0 radical (unpaired) electrons. The van der Waals surface area contributed by atoms with E-state index in [0.717, 1.165) is 25.7 Å². The van der Waals surface area contributed by atoms with Crippen molar-refractivity contribution in [2.24, 2.45) is 17.6 Å². The number of fused-ring (bicyclic) bond motifs is 1. The van der Waals surface area contributed by atoms with Gasteiger partial charge in [-0.3, -0.25) is 0 Å². The second-order valence-electron chi connectivity index (χ2n) is 5.87. The van der Waals surface area contributed by atoms with E-state index in [-0.39, 0.29) is 0 Å². The molecule has 0 bridgehead atoms. The lowest BCUT2D eigenvalue weighted by Gasteiger charge is -2.35. The maximum atomic E-state index is 12.7. The first kappa shape index (κ1) is 14.5. The van der Waals surface area contributed by atoms with Crippen molar-refractivity contribution in [3.05, 3.63) is 53.0 Å². The lowest BCUT2D eigenvalue weighted by molar-refractivity contribution is 0.310. The van der Waals surface area contributed by atoms with E-state index in [1.54, 1.807) is 24.3 Å². The lowest BCUT2D eigenvalue weighted by atomic mass is 9.72. The molecule has 112 valence electrons. The van der Waals surface area contributed by atoms with Crippen molar-refractivity contribution in [3.63, 3.8) is 0 Å². The number of hydrogen-bond donors (Lipinski definition) is 1. The Morgan fingerprint density at radius 2 is 1.95 bits per heavy atom. The first-order chi connectivity index (χ1) is 10.1. The molecule has 1 saturated carbocycles. The molecule has 0 heterocycles. The highest BCUT2D eigenvalue weighted by Crippen LogP contribution is 2.41. The van der Waals surface area contributed by atoms with Gasteiger partial charge in [0.05, 0.1) is 9.80 Å². The van der Waals surface area contributed by atoms with Crippen LogP contribution in [-0.2, 0) is 9.84 Å². The Hall–Kier alpha value is -1.39. The third kappa shape index (κ3) is 2.70. The summed E-state index contributed by atoms with van der Waals surface area (Å²) < 4.78 is 25.4. The van der Waals surface area contributed by atoms with Gasteiger partial charge in [0.1, 0.15) is 0 Å². The van der Waals surface area contributed by atoms with Crippen LogP contribution in [0.5, 0.6) is 0 Å². The summed E-state index contributed by atoms with van der Waals surface area (Å²) in [6.45, 7) is 0.691. The molecular formula is C17H21NO2S. The van der Waals surface area contributed by atoms with Crippen molar-refractivity contribution < 1.29 is 8.42 Å². The van der Waals surface area contributed by atoms with Gasteiger partial charge in [0.2, 0.25) is 9.84 Å². The highest BCUT2D eigenvalue weighted by molar-refractivity contribution is 7.95. The van der Waals surface area contributed by atoms with E-state index < -0.39 is 9.84 Å². The van der Waals surface area contributed by atoms with Gasteiger partial charge in [-0.1, -0.05) is 29.8 Å². The van der Waals surface area contributed by atoms with E-state index >= 15 is 0 Å². The minimum Gasteiger partial charge on any atom is -0.330 e. The van der Waals surface area contributed by atoms with Crippen molar-refractivity contribution in [2.45, 2.75) is 30.6 Å². The largest absolute Gasteiger partial charge is 0.330 e. The normalized spacial score (nSPS) is 25.8. The van der Waals surface area contributed by atoms with Crippen molar-refractivity contribution in [3.8, 4) is 0 Å². The fourth-order valence-electron chi connectivity index (χ4n) is 3.47. The van der Waals surface area contributed by atoms with Crippen LogP contribution < -0.4 is 5.73 Å². The SMILES string of the molecule is NCC1CCCC2=CC(S(=O)(=O)c3ccccc3)=CCC21. The van der Waals surface area contributed by atoms with E-state index in [0.29, 0.717) is 28.2 Å². The molecule has 1 aromatic rings. The summed E-state index contributed by atoms with van der Waals surface area (Å²) in [5.41, 5.74) is 7.13. The van der Waals surface area contributed by atoms with Crippen molar-refractivity contribution in [2.75, 3.05) is 6.54 Å². The fraction of sp³-hybridized carbons (Fsp3) is 0.412. The predicted molar refractivity (Wildman–Crippen MR) is 84.3 cm³/mol. The highest BCUT2D eigenvalue weighted by atomic mass is 32.2. The van der Waals surface area contributed by atoms with Crippen LogP contribution in [0.2, 0.25) is 0 Å². The molecule has 1 aromatic carbocycles. The Kier molecular flexibility index (Phi) is 4.00. The van der Waals surface area contributed by atoms with Crippen LogP contribution in [0, 0.1) is 11.8 Å². The average molecular weight is 303 g/mol. The summed E-state index contributed by atoms with van der Waals surface area (Å²) >= 11 is 0. The van der Waals surface area contributed by atoms with Gasteiger partial charge in [-0.05, 0) is 62.3 Å². The van der Waals surface area contributed by atoms with Gasteiger partial charge in [0, 0.05) is 0 Å². The number of benzene rings is 1. The Balaban J connectivity index is 1.92. The monoisotopic (exact) mass is 303 g/mol. The molecule has 1 fully saturated rings. The summed E-state index contributed by atoms with van der Waals surface area (Å²) in [5.74, 6) is 0.945. The standard InChI is InChI=1S/C17H21NO2S/c18-12-14-6-4-5-13-11-16(9-10-17(13)14)21(19,20)15-7-2-1-3-8-15/h1-3,7-9,11,14,17H,4-6,10,12,18H2. The van der Waals surface area contributed by atoms with E-state index in [4.69, 9.17) is 5.73 Å². The molecule has 3 rings (SSSR count). The zero-order valence-electron chi connectivity index (χ0n) is 12.0. The van der Waals surface area contributed by atoms with Gasteiger partial charge in [-0.25, -0.2) is 8.42 Å². The third-order valence-corrected chi connectivity index (χ3v) is 6.45. The van der Waals surface area contributed by atoms with E-state index in [1.807, 2.05) is 18.2 Å². The minimum absolute atomic E-state index is 0.373. The van der Waals surface area contributed by atoms with Crippen molar-refractivity contribution >= 4 is 9.84 Å². The number of allylic oxidation sites excluding steroid dienone is 3. The molecule has 0 amide bonds. The molecule has 3 nitrogen and oxygen atoms in total. The third-order valence-electron chi connectivity index (χ3n) is 4.65. The average Bonchev–Trinajstić information content (AvgIpc) is 2.54. The lowest BCUT2D eigenvalue weighted by Crippen LogP contribution is -2.29. The molecule has 2 N–H and O–H groups in total. The van der Waals surface area contributed by atoms with Gasteiger partial charge in [0.25, 0.3) is 0 Å². The van der Waals surface area contributed by atoms with E-state index in [2.05, 4.69) is 0 Å². The van der Waals surface area contributed by atoms with E-state index in [1.165, 1.54) is 5.57 Å². The van der Waals surface area contributed by atoms with Crippen LogP contribution in [0.15, 0.2) is 57.9 Å². The Labute approximate surface area is 126 Å². The van der Waals surface area contributed by atoms with Crippen molar-refractivity contribution in [1.29, 1.82) is 0 Å². The van der Waals surface area contributed by atoms with Crippen molar-refractivity contribution in [1.82, 2.24) is 0 Å². The Morgan fingerprint density at radius 3 is 2.67 bits per heavy atom. The Morgan fingerprint density at radius 1 is 1.19 bits per heavy atom. The summed E-state index contributed by atoms with van der Waals surface area (Å²) in [6, 6.07) is 8.67. The predicted octanol–water partition coefficient (Wildman–Crippen LogP) is 3.05. The summed E-state index contributed by atoms with van der Waals surface area (Å²) in [5, 5.41) is 0. The first-order valence-electron chi connectivity index (χ1n) is 7.54. The molecule has 2 aliphatic carbocycles. The fourth-order valence-corrected chi connectivity index (χ4v) is 4.88. The van der Waals surface area contributed by atoms with Crippen LogP contribution in [0.25, 0.3) is 0 Å². The maximum absolute atomic E-state index is 12.7. The van der Waals surface area contributed by atoms with Crippen LogP contribution >= 0.6 is 0 Å². The number of sulfone groups is 1. The van der Waals surface area contributed by atoms with Crippen LogP contribution in [0.3, 0.4) is 0 Å². The second-order valence-corrected chi connectivity index (χ2v) is 7.82. The second kappa shape index (κ2) is 5.78. The van der Waals surface area contributed by atoms with Gasteiger partial charge in [0.15, 0.2) is 0 Å². The molecule has 2 aliphatic rings. The zero-order chi connectivity index (χ0) is 14.9. The molecule has 0 aromatic heterocycles. The molecule has 2 atom stereocenters. The summed E-state index contributed by atoms with van der Waals surface area (Å²) in [4.78, 5) is 0.829. The number of rotatable bonds is 3. The topological polar surface area (TPSA) is 60.2 Å². The minimum atomic E-state index is -3.38. The van der Waals surface area contributed by atoms with Crippen LogP contribution in [0.4, 0.5) is 0 Å². The van der Waals surface area contributed by atoms with Crippen LogP contribution in [0.1, 0.15) is 25.7 Å². The van der Waals surface area contributed by atoms with Crippen LogP contribution in [-0.4, -0.2) is 15.0 Å². The first-order valence-corrected chi connectivity index (χ1v) is 9.02. The quantitative estimate of drug-likeness (QED) is 0.933. The molecule has 0 aliphatic heterocycles. The molecule has 4 heteroatoms. The van der Waals surface area contributed by atoms with Gasteiger partial charge in [-0.15, -0.1) is 0 Å².